The van der Waals surface area contributed by atoms with E-state index in [-0.39, 0.29) is 37.8 Å². The topological polar surface area (TPSA) is 61.4 Å². The first-order chi connectivity index (χ1) is 12.3. The molecule has 1 saturated carbocycles. The van der Waals surface area contributed by atoms with Crippen LogP contribution in [0.1, 0.15) is 44.1 Å². The van der Waals surface area contributed by atoms with Crippen molar-refractivity contribution in [1.82, 2.24) is 4.90 Å². The molecule has 0 unspecified atom stereocenters. The molecule has 0 bridgehead atoms. The zero-order chi connectivity index (χ0) is 18.7. The molecule has 1 aromatic rings. The van der Waals surface area contributed by atoms with Gasteiger partial charge in [-0.05, 0) is 37.5 Å². The van der Waals surface area contributed by atoms with Gasteiger partial charge in [0.2, 0.25) is 5.91 Å². The Morgan fingerprint density at radius 3 is 2.42 bits per heavy atom. The van der Waals surface area contributed by atoms with Crippen LogP contribution in [-0.4, -0.2) is 35.9 Å². The van der Waals surface area contributed by atoms with E-state index in [1.165, 1.54) is 4.90 Å². The monoisotopic (exact) mass is 365 g/mol. The van der Waals surface area contributed by atoms with Gasteiger partial charge in [-0.3, -0.25) is 4.79 Å². The number of aryl methyl sites for hydroxylation is 1. The molecule has 2 fully saturated rings. The van der Waals surface area contributed by atoms with Gasteiger partial charge in [-0.15, -0.1) is 0 Å². The van der Waals surface area contributed by atoms with Crippen LogP contribution in [0.5, 0.6) is 0 Å². The van der Waals surface area contributed by atoms with Crippen LogP contribution >= 0.6 is 0 Å². The molecule has 0 atom stereocenters. The number of likely N-dealkylation sites (tertiary alicyclic amines) is 1. The van der Waals surface area contributed by atoms with E-state index in [1.54, 1.807) is 12.1 Å². The normalized spacial score (nSPS) is 20.0. The van der Waals surface area contributed by atoms with E-state index < -0.39 is 12.0 Å². The second-order valence-corrected chi connectivity index (χ2v) is 7.27. The van der Waals surface area contributed by atoms with Gasteiger partial charge in [0.25, 0.3) is 5.92 Å². The molecule has 3 rings (SSSR count). The van der Waals surface area contributed by atoms with Gasteiger partial charge in [0, 0.05) is 43.2 Å². The number of benzene rings is 1. The smallest absolute Gasteiger partial charge is 0.321 e. The Hall–Kier alpha value is -2.18. The van der Waals surface area contributed by atoms with Gasteiger partial charge in [0.05, 0.1) is 0 Å². The van der Waals surface area contributed by atoms with Gasteiger partial charge in [0.1, 0.15) is 0 Å². The second kappa shape index (κ2) is 7.60. The maximum absolute atomic E-state index is 13.2. The van der Waals surface area contributed by atoms with Crippen molar-refractivity contribution in [1.29, 1.82) is 0 Å². The summed E-state index contributed by atoms with van der Waals surface area (Å²) in [6, 6.07) is 4.90. The van der Waals surface area contributed by atoms with E-state index in [2.05, 4.69) is 10.6 Å². The molecule has 0 aromatic heterocycles. The molecule has 1 aliphatic carbocycles. The standard InChI is InChI=1S/C19H25F2N3O2/c1-13-6-7-15(12-16(13)23-17(25)14-4-2-3-5-14)22-18(26)24-10-8-19(20,21)9-11-24/h6-7,12,14H,2-5,8-11H2,1H3,(H,22,26)(H,23,25). The molecule has 26 heavy (non-hydrogen) atoms. The number of piperidine rings is 1. The number of urea groups is 1. The van der Waals surface area contributed by atoms with E-state index in [9.17, 15) is 18.4 Å². The molecule has 1 aliphatic heterocycles. The quantitative estimate of drug-likeness (QED) is 0.835. The molecule has 3 amide bonds. The van der Waals surface area contributed by atoms with Crippen LogP contribution in [0.15, 0.2) is 18.2 Å². The summed E-state index contributed by atoms with van der Waals surface area (Å²) in [6.45, 7) is 1.97. The summed E-state index contributed by atoms with van der Waals surface area (Å²) in [4.78, 5) is 26.0. The number of nitrogens with one attached hydrogen (secondary N) is 2. The van der Waals surface area contributed by atoms with Crippen LogP contribution in [-0.2, 0) is 4.79 Å². The number of hydrogen-bond donors (Lipinski definition) is 2. The number of carbonyl (C=O) groups is 2. The first-order valence-corrected chi connectivity index (χ1v) is 9.19. The summed E-state index contributed by atoms with van der Waals surface area (Å²) in [5.74, 6) is -2.60. The van der Waals surface area contributed by atoms with Crippen molar-refractivity contribution in [2.75, 3.05) is 23.7 Å². The van der Waals surface area contributed by atoms with Crippen LogP contribution in [0.3, 0.4) is 0 Å². The minimum atomic E-state index is -2.68. The lowest BCUT2D eigenvalue weighted by Crippen LogP contribution is -2.44. The molecule has 0 spiro atoms. The molecule has 1 saturated heterocycles. The number of alkyl halides is 2. The molecule has 2 N–H and O–H groups in total. The van der Waals surface area contributed by atoms with Crippen molar-refractivity contribution in [2.45, 2.75) is 51.4 Å². The second-order valence-electron chi connectivity index (χ2n) is 7.27. The molecular formula is C19H25F2N3O2. The summed E-state index contributed by atoms with van der Waals surface area (Å²) in [5.41, 5.74) is 2.12. The predicted molar refractivity (Wildman–Crippen MR) is 96.5 cm³/mol. The summed E-state index contributed by atoms with van der Waals surface area (Å²) in [5, 5.41) is 5.69. The molecule has 1 heterocycles. The van der Waals surface area contributed by atoms with E-state index >= 15 is 0 Å². The van der Waals surface area contributed by atoms with Gasteiger partial charge in [-0.1, -0.05) is 18.9 Å². The Labute approximate surface area is 152 Å². The van der Waals surface area contributed by atoms with Gasteiger partial charge < -0.3 is 15.5 Å². The first-order valence-electron chi connectivity index (χ1n) is 9.19. The third-order valence-corrected chi connectivity index (χ3v) is 5.25. The van der Waals surface area contributed by atoms with Gasteiger partial charge in [-0.25, -0.2) is 13.6 Å². The van der Waals surface area contributed by atoms with E-state index in [0.717, 1.165) is 31.2 Å². The molecular weight excluding hydrogens is 340 g/mol. The van der Waals surface area contributed by atoms with Crippen LogP contribution in [0, 0.1) is 12.8 Å². The SMILES string of the molecule is Cc1ccc(NC(=O)N2CCC(F)(F)CC2)cc1NC(=O)C1CCCC1. The lowest BCUT2D eigenvalue weighted by molar-refractivity contribution is -0.119. The van der Waals surface area contributed by atoms with Crippen LogP contribution in [0.4, 0.5) is 25.0 Å². The van der Waals surface area contributed by atoms with Crippen molar-refractivity contribution >= 4 is 23.3 Å². The number of nitrogens with zero attached hydrogens (tertiary/aromatic N) is 1. The van der Waals surface area contributed by atoms with E-state index in [4.69, 9.17) is 0 Å². The fraction of sp³-hybridized carbons (Fsp3) is 0.579. The highest BCUT2D eigenvalue weighted by atomic mass is 19.3. The molecule has 7 heteroatoms. The third-order valence-electron chi connectivity index (χ3n) is 5.25. The maximum atomic E-state index is 13.2. The Morgan fingerprint density at radius 2 is 1.77 bits per heavy atom. The average molecular weight is 365 g/mol. The largest absolute Gasteiger partial charge is 0.326 e. The Balaban J connectivity index is 1.61. The van der Waals surface area contributed by atoms with Crippen molar-refractivity contribution in [3.8, 4) is 0 Å². The molecule has 1 aromatic carbocycles. The maximum Gasteiger partial charge on any atom is 0.321 e. The van der Waals surface area contributed by atoms with Crippen LogP contribution in [0.25, 0.3) is 0 Å². The number of anilines is 2. The fourth-order valence-electron chi connectivity index (χ4n) is 3.50. The number of hydrogen-bond acceptors (Lipinski definition) is 2. The highest BCUT2D eigenvalue weighted by Crippen LogP contribution is 2.29. The Morgan fingerprint density at radius 1 is 1.12 bits per heavy atom. The van der Waals surface area contributed by atoms with Gasteiger partial charge in [0.15, 0.2) is 0 Å². The zero-order valence-electron chi connectivity index (χ0n) is 15.0. The van der Waals surface area contributed by atoms with Crippen molar-refractivity contribution in [3.63, 3.8) is 0 Å². The molecule has 2 aliphatic rings. The Bertz CT molecular complexity index is 677. The summed E-state index contributed by atoms with van der Waals surface area (Å²) in [6.07, 6.45) is 3.39. The first kappa shape index (κ1) is 18.6. The lowest BCUT2D eigenvalue weighted by Gasteiger charge is -2.31. The Kier molecular flexibility index (Phi) is 5.44. The predicted octanol–water partition coefficient (Wildman–Crippen LogP) is 4.39. The number of carbonyl (C=O) groups excluding carboxylic acids is 2. The van der Waals surface area contributed by atoms with Gasteiger partial charge >= 0.3 is 6.03 Å². The number of rotatable bonds is 3. The highest BCUT2D eigenvalue weighted by molar-refractivity contribution is 5.95. The lowest BCUT2D eigenvalue weighted by atomic mass is 10.1. The van der Waals surface area contributed by atoms with Crippen LogP contribution < -0.4 is 10.6 Å². The van der Waals surface area contributed by atoms with E-state index in [0.29, 0.717) is 11.4 Å². The average Bonchev–Trinajstić information content (AvgIpc) is 3.12. The summed E-state index contributed by atoms with van der Waals surface area (Å²) in [7, 11) is 0. The highest BCUT2D eigenvalue weighted by Gasteiger charge is 2.35. The summed E-state index contributed by atoms with van der Waals surface area (Å²) >= 11 is 0. The fourth-order valence-corrected chi connectivity index (χ4v) is 3.50. The van der Waals surface area contributed by atoms with Crippen LogP contribution in [0.2, 0.25) is 0 Å². The third kappa shape index (κ3) is 4.51. The van der Waals surface area contributed by atoms with E-state index in [1.807, 2.05) is 13.0 Å². The summed E-state index contributed by atoms with van der Waals surface area (Å²) < 4.78 is 26.4. The molecule has 142 valence electrons. The number of halogens is 2. The number of amides is 3. The molecule has 5 nitrogen and oxygen atoms in total. The zero-order valence-corrected chi connectivity index (χ0v) is 15.0. The minimum Gasteiger partial charge on any atom is -0.326 e. The van der Waals surface area contributed by atoms with Crippen molar-refractivity contribution in [2.24, 2.45) is 5.92 Å². The minimum absolute atomic E-state index is 0.0207. The van der Waals surface area contributed by atoms with Crippen molar-refractivity contribution < 1.29 is 18.4 Å². The molecule has 0 radical (unpaired) electrons. The van der Waals surface area contributed by atoms with Gasteiger partial charge in [-0.2, -0.15) is 0 Å². The van der Waals surface area contributed by atoms with Crippen molar-refractivity contribution in [3.05, 3.63) is 23.8 Å².